The van der Waals surface area contributed by atoms with Crippen LogP contribution in [0.5, 0.6) is 0 Å². The summed E-state index contributed by atoms with van der Waals surface area (Å²) in [6.45, 7) is 6.56. The molecule has 1 aromatic heterocycles. The smallest absolute Gasteiger partial charge is 0.0459 e. The van der Waals surface area contributed by atoms with Crippen molar-refractivity contribution in [3.05, 3.63) is 35.5 Å². The first kappa shape index (κ1) is 11.2. The molecule has 0 amide bonds. The zero-order valence-electron chi connectivity index (χ0n) is 10.4. The van der Waals surface area contributed by atoms with Crippen LogP contribution in [0, 0.1) is 6.92 Å². The number of hydrogen-bond acceptors (Lipinski definition) is 1. The van der Waals surface area contributed by atoms with E-state index in [1.807, 2.05) is 0 Å². The van der Waals surface area contributed by atoms with Gasteiger partial charge in [-0.2, -0.15) is 0 Å². The van der Waals surface area contributed by atoms with Crippen LogP contribution in [0.25, 0.3) is 10.9 Å². The molecule has 0 aliphatic heterocycles. The third kappa shape index (κ3) is 2.27. The highest BCUT2D eigenvalue weighted by molar-refractivity contribution is 5.83. The van der Waals surface area contributed by atoms with Gasteiger partial charge in [-0.3, -0.25) is 0 Å². The topological polar surface area (TPSA) is 19.0 Å². The summed E-state index contributed by atoms with van der Waals surface area (Å²) in [6.07, 6.45) is 3.26. The second-order valence-corrected chi connectivity index (χ2v) is 4.51. The molecule has 2 nitrogen and oxygen atoms in total. The molecule has 86 valence electrons. The van der Waals surface area contributed by atoms with Crippen LogP contribution < -0.4 is 0 Å². The van der Waals surface area contributed by atoms with Crippen LogP contribution >= 0.6 is 0 Å². The average molecular weight is 216 g/mol. The van der Waals surface area contributed by atoms with Crippen LogP contribution in [-0.4, -0.2) is 30.0 Å². The SMILES string of the molecule is CCN(C)CCc1c[nH]c2cc(C)ccc12. The van der Waals surface area contributed by atoms with Crippen LogP contribution in [0.1, 0.15) is 18.1 Å². The number of nitrogens with one attached hydrogen (secondary N) is 1. The van der Waals surface area contributed by atoms with Crippen molar-refractivity contribution in [3.63, 3.8) is 0 Å². The highest BCUT2D eigenvalue weighted by atomic mass is 15.1. The van der Waals surface area contributed by atoms with E-state index in [-0.39, 0.29) is 0 Å². The van der Waals surface area contributed by atoms with E-state index >= 15 is 0 Å². The minimum Gasteiger partial charge on any atom is -0.361 e. The van der Waals surface area contributed by atoms with Crippen molar-refractivity contribution in [1.29, 1.82) is 0 Å². The molecule has 0 spiro atoms. The third-order valence-electron chi connectivity index (χ3n) is 3.23. The zero-order valence-corrected chi connectivity index (χ0v) is 10.4. The van der Waals surface area contributed by atoms with Gasteiger partial charge >= 0.3 is 0 Å². The molecule has 16 heavy (non-hydrogen) atoms. The minimum atomic E-state index is 1.11. The number of aryl methyl sites for hydroxylation is 1. The number of fused-ring (bicyclic) bond motifs is 1. The molecule has 2 aromatic rings. The van der Waals surface area contributed by atoms with Crippen molar-refractivity contribution in [1.82, 2.24) is 9.88 Å². The fourth-order valence-corrected chi connectivity index (χ4v) is 1.98. The van der Waals surface area contributed by atoms with E-state index in [9.17, 15) is 0 Å². The van der Waals surface area contributed by atoms with Crippen LogP contribution in [0.4, 0.5) is 0 Å². The highest BCUT2D eigenvalue weighted by Crippen LogP contribution is 2.19. The number of H-pyrrole nitrogens is 1. The molecule has 0 unspecified atom stereocenters. The Kier molecular flexibility index (Phi) is 3.30. The van der Waals surface area contributed by atoms with Gasteiger partial charge < -0.3 is 9.88 Å². The summed E-state index contributed by atoms with van der Waals surface area (Å²) in [5.74, 6) is 0. The Morgan fingerprint density at radius 3 is 2.88 bits per heavy atom. The fourth-order valence-electron chi connectivity index (χ4n) is 1.98. The molecule has 2 heteroatoms. The third-order valence-corrected chi connectivity index (χ3v) is 3.23. The van der Waals surface area contributed by atoms with Gasteiger partial charge in [-0.05, 0) is 44.1 Å². The van der Waals surface area contributed by atoms with Crippen molar-refractivity contribution in [2.24, 2.45) is 0 Å². The summed E-state index contributed by atoms with van der Waals surface area (Å²) < 4.78 is 0. The molecule has 1 heterocycles. The van der Waals surface area contributed by atoms with E-state index < -0.39 is 0 Å². The standard InChI is InChI=1S/C14H20N2/c1-4-16(3)8-7-12-10-15-14-9-11(2)5-6-13(12)14/h5-6,9-10,15H,4,7-8H2,1-3H3. The van der Waals surface area contributed by atoms with Gasteiger partial charge in [0.05, 0.1) is 0 Å². The van der Waals surface area contributed by atoms with Crippen LogP contribution in [0.3, 0.4) is 0 Å². The Hall–Kier alpha value is -1.28. The van der Waals surface area contributed by atoms with Gasteiger partial charge in [-0.25, -0.2) is 0 Å². The van der Waals surface area contributed by atoms with E-state index in [1.165, 1.54) is 22.0 Å². The molecular formula is C14H20N2. The molecule has 0 radical (unpaired) electrons. The first-order valence-corrected chi connectivity index (χ1v) is 5.96. The first-order valence-electron chi connectivity index (χ1n) is 5.96. The fraction of sp³-hybridized carbons (Fsp3) is 0.429. The zero-order chi connectivity index (χ0) is 11.5. The number of nitrogens with zero attached hydrogens (tertiary/aromatic N) is 1. The maximum atomic E-state index is 3.35. The maximum Gasteiger partial charge on any atom is 0.0459 e. The normalized spacial score (nSPS) is 11.5. The lowest BCUT2D eigenvalue weighted by Gasteiger charge is -2.12. The van der Waals surface area contributed by atoms with Crippen LogP contribution in [0.2, 0.25) is 0 Å². The predicted molar refractivity (Wildman–Crippen MR) is 69.9 cm³/mol. The van der Waals surface area contributed by atoms with Gasteiger partial charge in [-0.15, -0.1) is 0 Å². The van der Waals surface area contributed by atoms with Crippen molar-refractivity contribution in [2.45, 2.75) is 20.3 Å². The summed E-state index contributed by atoms with van der Waals surface area (Å²) in [5.41, 5.74) is 4.00. The predicted octanol–water partition coefficient (Wildman–Crippen LogP) is 2.97. The number of benzene rings is 1. The lowest BCUT2D eigenvalue weighted by atomic mass is 10.1. The average Bonchev–Trinajstić information content (AvgIpc) is 2.68. The molecule has 0 atom stereocenters. The second kappa shape index (κ2) is 4.71. The Balaban J connectivity index is 2.19. The number of likely N-dealkylation sites (N-methyl/N-ethyl adjacent to an activating group) is 1. The molecule has 0 saturated carbocycles. The summed E-state index contributed by atoms with van der Waals surface area (Å²) in [7, 11) is 2.17. The summed E-state index contributed by atoms with van der Waals surface area (Å²) in [5, 5.41) is 1.37. The number of aromatic nitrogens is 1. The number of rotatable bonds is 4. The summed E-state index contributed by atoms with van der Waals surface area (Å²) in [6, 6.07) is 6.62. The van der Waals surface area contributed by atoms with Gasteiger partial charge in [0.15, 0.2) is 0 Å². The highest BCUT2D eigenvalue weighted by Gasteiger charge is 2.04. The van der Waals surface area contributed by atoms with Gasteiger partial charge in [0, 0.05) is 23.6 Å². The van der Waals surface area contributed by atoms with Gasteiger partial charge in [-0.1, -0.05) is 19.1 Å². The van der Waals surface area contributed by atoms with Crippen LogP contribution in [-0.2, 0) is 6.42 Å². The second-order valence-electron chi connectivity index (χ2n) is 4.51. The van der Waals surface area contributed by atoms with Gasteiger partial charge in [0.1, 0.15) is 0 Å². The molecule has 0 saturated heterocycles. The van der Waals surface area contributed by atoms with Crippen molar-refractivity contribution >= 4 is 10.9 Å². The molecule has 0 fully saturated rings. The lowest BCUT2D eigenvalue weighted by molar-refractivity contribution is 0.358. The summed E-state index contributed by atoms with van der Waals surface area (Å²) >= 11 is 0. The molecule has 0 aliphatic carbocycles. The van der Waals surface area contributed by atoms with E-state index in [1.54, 1.807) is 0 Å². The van der Waals surface area contributed by atoms with E-state index in [0.717, 1.165) is 19.5 Å². The van der Waals surface area contributed by atoms with Crippen molar-refractivity contribution in [2.75, 3.05) is 20.1 Å². The molecule has 0 bridgehead atoms. The number of hydrogen-bond donors (Lipinski definition) is 1. The Labute approximate surface area is 97.3 Å². The lowest BCUT2D eigenvalue weighted by Crippen LogP contribution is -2.20. The Bertz CT molecular complexity index is 471. The molecule has 2 rings (SSSR count). The van der Waals surface area contributed by atoms with Crippen molar-refractivity contribution < 1.29 is 0 Å². The molecular weight excluding hydrogens is 196 g/mol. The van der Waals surface area contributed by atoms with E-state index in [4.69, 9.17) is 0 Å². The Morgan fingerprint density at radius 1 is 1.31 bits per heavy atom. The molecule has 1 aromatic carbocycles. The molecule has 1 N–H and O–H groups in total. The van der Waals surface area contributed by atoms with Gasteiger partial charge in [0.25, 0.3) is 0 Å². The monoisotopic (exact) mass is 216 g/mol. The summed E-state index contributed by atoms with van der Waals surface area (Å²) in [4.78, 5) is 5.69. The first-order chi connectivity index (χ1) is 7.70. The van der Waals surface area contributed by atoms with Gasteiger partial charge in [0.2, 0.25) is 0 Å². The van der Waals surface area contributed by atoms with E-state index in [2.05, 4.69) is 55.2 Å². The van der Waals surface area contributed by atoms with Crippen molar-refractivity contribution in [3.8, 4) is 0 Å². The minimum absolute atomic E-state index is 1.11. The molecule has 0 aliphatic rings. The Morgan fingerprint density at radius 2 is 2.12 bits per heavy atom. The van der Waals surface area contributed by atoms with E-state index in [0.29, 0.717) is 0 Å². The number of aromatic amines is 1. The maximum absolute atomic E-state index is 3.35. The largest absolute Gasteiger partial charge is 0.361 e. The van der Waals surface area contributed by atoms with Crippen LogP contribution in [0.15, 0.2) is 24.4 Å². The quantitative estimate of drug-likeness (QED) is 0.832.